The highest BCUT2D eigenvalue weighted by atomic mass is 16.5. The van der Waals surface area contributed by atoms with Gasteiger partial charge in [-0.1, -0.05) is 49.4 Å². The Labute approximate surface area is 181 Å². The fraction of sp³-hybridized carbons (Fsp3) is 0.200. The molecule has 2 heterocycles. The fourth-order valence-electron chi connectivity index (χ4n) is 3.42. The Kier molecular flexibility index (Phi) is 6.29. The number of rotatable bonds is 8. The second-order valence-corrected chi connectivity index (χ2v) is 7.16. The number of ether oxygens (including phenoxy) is 1. The molecule has 0 aliphatic carbocycles. The molecule has 0 unspecified atom stereocenters. The van der Waals surface area contributed by atoms with Crippen LogP contribution in [0.3, 0.4) is 0 Å². The number of benzene rings is 2. The van der Waals surface area contributed by atoms with Gasteiger partial charge in [-0.2, -0.15) is 0 Å². The van der Waals surface area contributed by atoms with Gasteiger partial charge in [0.2, 0.25) is 0 Å². The standard InChI is InChI=1S/C25H26N4O2/c1-3-29(4-2)16-8-9-19-17-27-25(26)22-23(28-31-24(19)22)18-12-14-21(15-13-18)30-20-10-6-5-7-11-20/h5-15,17H,3-4,16H2,1-2H3,(H2,26,27). The Balaban J connectivity index is 1.60. The molecule has 2 N–H and O–H groups in total. The van der Waals surface area contributed by atoms with Crippen molar-refractivity contribution in [1.82, 2.24) is 15.0 Å². The third-order valence-electron chi connectivity index (χ3n) is 5.22. The van der Waals surface area contributed by atoms with Crippen molar-refractivity contribution >= 4 is 22.9 Å². The number of fused-ring (bicyclic) bond motifs is 1. The van der Waals surface area contributed by atoms with Crippen LogP contribution < -0.4 is 10.5 Å². The van der Waals surface area contributed by atoms with E-state index in [1.807, 2.05) is 60.7 Å². The monoisotopic (exact) mass is 414 g/mol. The topological polar surface area (TPSA) is 77.4 Å². The van der Waals surface area contributed by atoms with Gasteiger partial charge < -0.3 is 19.9 Å². The molecule has 6 heteroatoms. The van der Waals surface area contributed by atoms with Crippen LogP contribution in [0.1, 0.15) is 19.4 Å². The number of hydrogen-bond donors (Lipinski definition) is 1. The van der Waals surface area contributed by atoms with Crippen molar-refractivity contribution in [3.05, 3.63) is 72.4 Å². The van der Waals surface area contributed by atoms with Crippen molar-refractivity contribution in [2.75, 3.05) is 25.4 Å². The molecule has 31 heavy (non-hydrogen) atoms. The second kappa shape index (κ2) is 9.45. The molecule has 4 aromatic rings. The van der Waals surface area contributed by atoms with Crippen LogP contribution in [0.15, 0.2) is 71.4 Å². The molecule has 0 bridgehead atoms. The van der Waals surface area contributed by atoms with Gasteiger partial charge in [0.15, 0.2) is 5.58 Å². The van der Waals surface area contributed by atoms with Gasteiger partial charge in [-0.25, -0.2) is 4.98 Å². The van der Waals surface area contributed by atoms with Gasteiger partial charge in [-0.3, -0.25) is 0 Å². The Morgan fingerprint density at radius 1 is 1.00 bits per heavy atom. The quantitative estimate of drug-likeness (QED) is 0.403. The van der Waals surface area contributed by atoms with E-state index in [9.17, 15) is 0 Å². The number of pyridine rings is 1. The molecule has 158 valence electrons. The van der Waals surface area contributed by atoms with Gasteiger partial charge in [0.05, 0.1) is 5.39 Å². The normalized spacial score (nSPS) is 11.6. The summed E-state index contributed by atoms with van der Waals surface area (Å²) in [6.45, 7) is 7.18. The summed E-state index contributed by atoms with van der Waals surface area (Å²) in [7, 11) is 0. The highest BCUT2D eigenvalue weighted by Crippen LogP contribution is 2.34. The number of hydrogen-bond acceptors (Lipinski definition) is 6. The average Bonchev–Trinajstić information content (AvgIpc) is 3.26. The molecule has 0 atom stereocenters. The number of anilines is 1. The summed E-state index contributed by atoms with van der Waals surface area (Å²) in [4.78, 5) is 6.69. The van der Waals surface area contributed by atoms with E-state index in [2.05, 4.69) is 35.0 Å². The molecule has 0 fully saturated rings. The Bertz CT molecular complexity index is 1160. The first-order chi connectivity index (χ1) is 15.2. The van der Waals surface area contributed by atoms with Gasteiger partial charge in [-0.15, -0.1) is 0 Å². The first-order valence-electron chi connectivity index (χ1n) is 10.5. The van der Waals surface area contributed by atoms with E-state index >= 15 is 0 Å². The van der Waals surface area contributed by atoms with Crippen molar-refractivity contribution in [3.8, 4) is 22.8 Å². The van der Waals surface area contributed by atoms with Crippen molar-refractivity contribution < 1.29 is 9.26 Å². The Hall–Kier alpha value is -3.64. The number of nitrogens with zero attached hydrogens (tertiary/aromatic N) is 3. The van der Waals surface area contributed by atoms with E-state index < -0.39 is 0 Å². The lowest BCUT2D eigenvalue weighted by molar-refractivity contribution is 0.338. The molecule has 0 saturated carbocycles. The molecule has 0 aliphatic heterocycles. The van der Waals surface area contributed by atoms with Gasteiger partial charge in [-0.05, 0) is 49.5 Å². The minimum absolute atomic E-state index is 0.400. The van der Waals surface area contributed by atoms with Gasteiger partial charge in [0, 0.05) is 23.9 Å². The maximum absolute atomic E-state index is 6.19. The van der Waals surface area contributed by atoms with Crippen LogP contribution >= 0.6 is 0 Å². The number of likely N-dealkylation sites (N-methyl/N-ethyl adjacent to an activating group) is 1. The molecular formula is C25H26N4O2. The highest BCUT2D eigenvalue weighted by molar-refractivity contribution is 6.01. The van der Waals surface area contributed by atoms with Crippen LogP contribution in [0, 0.1) is 0 Å². The number of aromatic nitrogens is 2. The minimum atomic E-state index is 0.400. The maximum Gasteiger partial charge on any atom is 0.179 e. The van der Waals surface area contributed by atoms with Gasteiger partial charge in [0.25, 0.3) is 0 Å². The lowest BCUT2D eigenvalue weighted by Crippen LogP contribution is -2.22. The Morgan fingerprint density at radius 3 is 2.42 bits per heavy atom. The van der Waals surface area contributed by atoms with Crippen molar-refractivity contribution in [2.45, 2.75) is 13.8 Å². The summed E-state index contributed by atoms with van der Waals surface area (Å²) in [5.41, 5.74) is 9.25. The van der Waals surface area contributed by atoms with Crippen LogP contribution in [0.4, 0.5) is 5.82 Å². The summed E-state index contributed by atoms with van der Waals surface area (Å²) >= 11 is 0. The second-order valence-electron chi connectivity index (χ2n) is 7.16. The van der Waals surface area contributed by atoms with E-state index in [0.29, 0.717) is 17.1 Å². The van der Waals surface area contributed by atoms with Gasteiger partial charge in [0.1, 0.15) is 23.0 Å². The molecule has 0 radical (unpaired) electrons. The zero-order chi connectivity index (χ0) is 21.6. The summed E-state index contributed by atoms with van der Waals surface area (Å²) in [6.07, 6.45) is 5.85. The average molecular weight is 415 g/mol. The summed E-state index contributed by atoms with van der Waals surface area (Å²) < 4.78 is 11.6. The molecule has 2 aromatic carbocycles. The number of nitrogen functional groups attached to an aromatic ring is 1. The molecule has 0 aliphatic rings. The molecule has 0 amide bonds. The van der Waals surface area contributed by atoms with Gasteiger partial charge >= 0.3 is 0 Å². The number of nitrogens with two attached hydrogens (primary N) is 1. The predicted octanol–water partition coefficient (Wildman–Crippen LogP) is 5.62. The van der Waals surface area contributed by atoms with E-state index in [4.69, 9.17) is 15.0 Å². The van der Waals surface area contributed by atoms with Crippen molar-refractivity contribution in [1.29, 1.82) is 0 Å². The zero-order valence-corrected chi connectivity index (χ0v) is 17.8. The molecule has 2 aromatic heterocycles. The highest BCUT2D eigenvalue weighted by Gasteiger charge is 2.17. The van der Waals surface area contributed by atoms with E-state index in [-0.39, 0.29) is 0 Å². The van der Waals surface area contributed by atoms with E-state index in [1.165, 1.54) is 0 Å². The zero-order valence-electron chi connectivity index (χ0n) is 17.8. The first kappa shape index (κ1) is 20.6. The first-order valence-corrected chi connectivity index (χ1v) is 10.5. The SMILES string of the molecule is CCN(CC)CC=Cc1cnc(N)c2c(-c3ccc(Oc4ccccc4)cc3)noc12. The maximum atomic E-state index is 6.19. The lowest BCUT2D eigenvalue weighted by atomic mass is 10.1. The van der Waals surface area contributed by atoms with Crippen LogP contribution in [-0.2, 0) is 0 Å². The van der Waals surface area contributed by atoms with Crippen LogP contribution in [0.5, 0.6) is 11.5 Å². The Morgan fingerprint density at radius 2 is 1.71 bits per heavy atom. The molecular weight excluding hydrogens is 388 g/mol. The summed E-state index contributed by atoms with van der Waals surface area (Å²) in [6, 6.07) is 17.4. The van der Waals surface area contributed by atoms with Crippen molar-refractivity contribution in [3.63, 3.8) is 0 Å². The number of para-hydroxylation sites is 1. The van der Waals surface area contributed by atoms with Crippen LogP contribution in [-0.4, -0.2) is 34.7 Å². The van der Waals surface area contributed by atoms with E-state index in [1.54, 1.807) is 6.20 Å². The van der Waals surface area contributed by atoms with Crippen LogP contribution in [0.25, 0.3) is 28.3 Å². The third-order valence-corrected chi connectivity index (χ3v) is 5.22. The molecule has 0 saturated heterocycles. The molecule has 6 nitrogen and oxygen atoms in total. The predicted molar refractivity (Wildman–Crippen MR) is 125 cm³/mol. The van der Waals surface area contributed by atoms with Crippen molar-refractivity contribution in [2.24, 2.45) is 0 Å². The van der Waals surface area contributed by atoms with E-state index in [0.717, 1.165) is 47.6 Å². The summed E-state index contributed by atoms with van der Waals surface area (Å²) in [5.74, 6) is 1.93. The molecule has 4 rings (SSSR count). The largest absolute Gasteiger partial charge is 0.457 e. The summed E-state index contributed by atoms with van der Waals surface area (Å²) in [5, 5.41) is 5.02. The van der Waals surface area contributed by atoms with Crippen LogP contribution in [0.2, 0.25) is 0 Å². The smallest absolute Gasteiger partial charge is 0.179 e. The lowest BCUT2D eigenvalue weighted by Gasteiger charge is -2.14. The minimum Gasteiger partial charge on any atom is -0.457 e. The fourth-order valence-corrected chi connectivity index (χ4v) is 3.42. The third kappa shape index (κ3) is 4.59. The molecule has 0 spiro atoms.